The van der Waals surface area contributed by atoms with Crippen LogP contribution in [0.3, 0.4) is 0 Å². The summed E-state index contributed by atoms with van der Waals surface area (Å²) in [5.74, 6) is 0.623. The fraction of sp³-hybridized carbons (Fsp3) is 1.00. The van der Waals surface area contributed by atoms with Gasteiger partial charge in [-0.05, 0) is 12.8 Å². The molecule has 0 bridgehead atoms. The molecule has 0 aromatic rings. The molecule has 0 aromatic heterocycles. The van der Waals surface area contributed by atoms with Gasteiger partial charge in [0, 0.05) is 25.1 Å². The van der Waals surface area contributed by atoms with E-state index in [1.54, 1.807) is 0 Å². The molecule has 1 aliphatic heterocycles. The predicted molar refractivity (Wildman–Crippen MR) is 62.1 cm³/mol. The summed E-state index contributed by atoms with van der Waals surface area (Å²) >= 11 is 0. The molecule has 1 fully saturated rings. The van der Waals surface area contributed by atoms with Crippen LogP contribution in [0.15, 0.2) is 0 Å². The molecule has 3 heteroatoms. The SMILES string of the molecule is CCC(CNC(C)C)OCC1CCOC1. The second-order valence-corrected chi connectivity index (χ2v) is 4.66. The van der Waals surface area contributed by atoms with E-state index in [1.807, 2.05) is 0 Å². The van der Waals surface area contributed by atoms with Crippen molar-refractivity contribution in [3.63, 3.8) is 0 Å². The van der Waals surface area contributed by atoms with E-state index < -0.39 is 0 Å². The van der Waals surface area contributed by atoms with Gasteiger partial charge in [-0.2, -0.15) is 0 Å². The van der Waals surface area contributed by atoms with Crippen molar-refractivity contribution < 1.29 is 9.47 Å². The number of hydrogen-bond acceptors (Lipinski definition) is 3. The Labute approximate surface area is 93.5 Å². The molecule has 1 rings (SSSR count). The zero-order valence-electron chi connectivity index (χ0n) is 10.3. The fourth-order valence-electron chi connectivity index (χ4n) is 1.68. The predicted octanol–water partition coefficient (Wildman–Crippen LogP) is 1.82. The molecule has 1 N–H and O–H groups in total. The molecule has 0 amide bonds. The number of rotatable bonds is 7. The van der Waals surface area contributed by atoms with Gasteiger partial charge < -0.3 is 14.8 Å². The van der Waals surface area contributed by atoms with Gasteiger partial charge in [-0.3, -0.25) is 0 Å². The molecule has 0 spiro atoms. The summed E-state index contributed by atoms with van der Waals surface area (Å²) in [6, 6.07) is 0.539. The Morgan fingerprint density at radius 1 is 1.47 bits per heavy atom. The highest BCUT2D eigenvalue weighted by Gasteiger charge is 2.17. The molecule has 1 aliphatic rings. The lowest BCUT2D eigenvalue weighted by molar-refractivity contribution is 0.0236. The van der Waals surface area contributed by atoms with Crippen LogP contribution in [0.5, 0.6) is 0 Å². The largest absolute Gasteiger partial charge is 0.381 e. The van der Waals surface area contributed by atoms with Gasteiger partial charge in [-0.25, -0.2) is 0 Å². The third-order valence-electron chi connectivity index (χ3n) is 2.80. The summed E-state index contributed by atoms with van der Waals surface area (Å²) in [6.45, 7) is 10.1. The number of ether oxygens (including phenoxy) is 2. The van der Waals surface area contributed by atoms with Gasteiger partial charge in [-0.15, -0.1) is 0 Å². The van der Waals surface area contributed by atoms with Crippen molar-refractivity contribution in [3.05, 3.63) is 0 Å². The number of nitrogens with one attached hydrogen (secondary N) is 1. The van der Waals surface area contributed by atoms with E-state index in [1.165, 1.54) is 0 Å². The summed E-state index contributed by atoms with van der Waals surface area (Å²) < 4.78 is 11.2. The van der Waals surface area contributed by atoms with Gasteiger partial charge in [0.2, 0.25) is 0 Å². The Hall–Kier alpha value is -0.120. The first-order chi connectivity index (χ1) is 7.22. The lowest BCUT2D eigenvalue weighted by Gasteiger charge is -2.20. The van der Waals surface area contributed by atoms with Crippen molar-refractivity contribution in [2.45, 2.75) is 45.8 Å². The first-order valence-corrected chi connectivity index (χ1v) is 6.15. The molecule has 90 valence electrons. The Balaban J connectivity index is 2.09. The van der Waals surface area contributed by atoms with E-state index in [-0.39, 0.29) is 0 Å². The maximum Gasteiger partial charge on any atom is 0.0697 e. The second kappa shape index (κ2) is 7.20. The van der Waals surface area contributed by atoms with Crippen LogP contribution < -0.4 is 5.32 Å². The third kappa shape index (κ3) is 5.50. The van der Waals surface area contributed by atoms with Crippen LogP contribution in [-0.2, 0) is 9.47 Å². The van der Waals surface area contributed by atoms with Crippen molar-refractivity contribution in [2.24, 2.45) is 5.92 Å². The molecule has 2 unspecified atom stereocenters. The van der Waals surface area contributed by atoms with Crippen molar-refractivity contribution in [3.8, 4) is 0 Å². The van der Waals surface area contributed by atoms with Gasteiger partial charge in [0.1, 0.15) is 0 Å². The summed E-state index contributed by atoms with van der Waals surface area (Å²) in [5, 5.41) is 3.42. The van der Waals surface area contributed by atoms with E-state index in [4.69, 9.17) is 9.47 Å². The van der Waals surface area contributed by atoms with Gasteiger partial charge in [0.25, 0.3) is 0 Å². The monoisotopic (exact) mass is 215 g/mol. The van der Waals surface area contributed by atoms with Crippen LogP contribution in [0.25, 0.3) is 0 Å². The highest BCUT2D eigenvalue weighted by atomic mass is 16.5. The maximum atomic E-state index is 5.88. The topological polar surface area (TPSA) is 30.5 Å². The Kier molecular flexibility index (Phi) is 6.22. The van der Waals surface area contributed by atoms with Crippen LogP contribution in [0.2, 0.25) is 0 Å². The van der Waals surface area contributed by atoms with E-state index in [2.05, 4.69) is 26.1 Å². The maximum absolute atomic E-state index is 5.88. The average Bonchev–Trinajstić information content (AvgIpc) is 2.70. The van der Waals surface area contributed by atoms with E-state index >= 15 is 0 Å². The van der Waals surface area contributed by atoms with E-state index in [0.29, 0.717) is 18.1 Å². The summed E-state index contributed by atoms with van der Waals surface area (Å²) in [5.41, 5.74) is 0. The zero-order valence-corrected chi connectivity index (χ0v) is 10.3. The summed E-state index contributed by atoms with van der Waals surface area (Å²) in [4.78, 5) is 0. The molecule has 2 atom stereocenters. The van der Waals surface area contributed by atoms with Gasteiger partial charge in [0.05, 0.1) is 19.3 Å². The highest BCUT2D eigenvalue weighted by molar-refractivity contribution is 4.67. The minimum atomic E-state index is 0.355. The molecule has 3 nitrogen and oxygen atoms in total. The molecule has 15 heavy (non-hydrogen) atoms. The first kappa shape index (κ1) is 12.9. The van der Waals surface area contributed by atoms with Crippen LogP contribution in [0.1, 0.15) is 33.6 Å². The summed E-state index contributed by atoms with van der Waals surface area (Å²) in [6.07, 6.45) is 2.59. The van der Waals surface area contributed by atoms with Crippen molar-refractivity contribution in [2.75, 3.05) is 26.4 Å². The average molecular weight is 215 g/mol. The van der Waals surface area contributed by atoms with E-state index in [0.717, 1.165) is 39.2 Å². The highest BCUT2D eigenvalue weighted by Crippen LogP contribution is 2.13. The Morgan fingerprint density at radius 3 is 2.80 bits per heavy atom. The van der Waals surface area contributed by atoms with Crippen molar-refractivity contribution in [1.82, 2.24) is 5.32 Å². The smallest absolute Gasteiger partial charge is 0.0697 e. The lowest BCUT2D eigenvalue weighted by Crippen LogP contribution is -2.34. The second-order valence-electron chi connectivity index (χ2n) is 4.66. The van der Waals surface area contributed by atoms with Gasteiger partial charge in [-0.1, -0.05) is 20.8 Å². The van der Waals surface area contributed by atoms with Crippen LogP contribution >= 0.6 is 0 Å². The normalized spacial score (nSPS) is 23.6. The Bertz CT molecular complexity index is 156. The minimum absolute atomic E-state index is 0.355. The molecule has 1 saturated heterocycles. The molecule has 0 saturated carbocycles. The zero-order chi connectivity index (χ0) is 11.1. The van der Waals surface area contributed by atoms with Crippen molar-refractivity contribution >= 4 is 0 Å². The van der Waals surface area contributed by atoms with Crippen LogP contribution in [-0.4, -0.2) is 38.5 Å². The number of hydrogen-bond donors (Lipinski definition) is 1. The standard InChI is InChI=1S/C12H25NO2/c1-4-12(7-13-10(2)3)15-9-11-5-6-14-8-11/h10-13H,4-9H2,1-3H3. The molecular formula is C12H25NO2. The Morgan fingerprint density at radius 2 is 2.27 bits per heavy atom. The quantitative estimate of drug-likeness (QED) is 0.702. The fourth-order valence-corrected chi connectivity index (χ4v) is 1.68. The van der Waals surface area contributed by atoms with Crippen LogP contribution in [0.4, 0.5) is 0 Å². The molecule has 0 aromatic carbocycles. The lowest BCUT2D eigenvalue weighted by atomic mass is 10.1. The first-order valence-electron chi connectivity index (χ1n) is 6.15. The molecule has 0 aliphatic carbocycles. The minimum Gasteiger partial charge on any atom is -0.381 e. The third-order valence-corrected chi connectivity index (χ3v) is 2.80. The van der Waals surface area contributed by atoms with Gasteiger partial charge in [0.15, 0.2) is 0 Å². The van der Waals surface area contributed by atoms with Crippen LogP contribution in [0, 0.1) is 5.92 Å². The summed E-state index contributed by atoms with van der Waals surface area (Å²) in [7, 11) is 0. The van der Waals surface area contributed by atoms with Crippen molar-refractivity contribution in [1.29, 1.82) is 0 Å². The molecule has 0 radical (unpaired) electrons. The van der Waals surface area contributed by atoms with E-state index in [9.17, 15) is 0 Å². The molecular weight excluding hydrogens is 190 g/mol. The van der Waals surface area contributed by atoms with Gasteiger partial charge >= 0.3 is 0 Å². The molecule has 1 heterocycles.